The van der Waals surface area contributed by atoms with Crippen LogP contribution in [0.5, 0.6) is 0 Å². The summed E-state index contributed by atoms with van der Waals surface area (Å²) in [5.74, 6) is 0.385. The number of rotatable bonds is 2. The van der Waals surface area contributed by atoms with E-state index >= 15 is 0 Å². The van der Waals surface area contributed by atoms with Crippen molar-refractivity contribution in [1.82, 2.24) is 4.90 Å². The van der Waals surface area contributed by atoms with Gasteiger partial charge in [0.2, 0.25) is 0 Å². The van der Waals surface area contributed by atoms with Crippen LogP contribution < -0.4 is 0 Å². The highest BCUT2D eigenvalue weighted by Crippen LogP contribution is 2.29. The van der Waals surface area contributed by atoms with Gasteiger partial charge in [-0.15, -0.1) is 0 Å². The minimum atomic E-state index is -0.0184. The van der Waals surface area contributed by atoms with Gasteiger partial charge in [-0.05, 0) is 30.2 Å². The van der Waals surface area contributed by atoms with Gasteiger partial charge in [0.1, 0.15) is 0 Å². The van der Waals surface area contributed by atoms with Gasteiger partial charge in [0.15, 0.2) is 0 Å². The molecule has 1 aliphatic heterocycles. The van der Waals surface area contributed by atoms with Crippen LogP contribution in [-0.2, 0) is 0 Å². The fourth-order valence-corrected chi connectivity index (χ4v) is 3.26. The normalized spacial score (nSPS) is 18.0. The van der Waals surface area contributed by atoms with Crippen LogP contribution in [0, 0.1) is 0 Å². The second-order valence-electron chi connectivity index (χ2n) is 5.27. The van der Waals surface area contributed by atoms with Gasteiger partial charge in [-0.1, -0.05) is 53.5 Å². The number of benzene rings is 2. The van der Waals surface area contributed by atoms with E-state index in [0.29, 0.717) is 21.5 Å². The molecule has 1 amide bonds. The fourth-order valence-electron chi connectivity index (χ4n) is 2.78. The number of hydrogen-bond donors (Lipinski definition) is 0. The summed E-state index contributed by atoms with van der Waals surface area (Å²) in [5, 5.41) is 0.954. The Balaban J connectivity index is 1.75. The first-order chi connectivity index (χ1) is 10.1. The lowest BCUT2D eigenvalue weighted by molar-refractivity contribution is 0.0791. The number of hydrogen-bond acceptors (Lipinski definition) is 1. The monoisotopic (exact) mass is 319 g/mol. The maximum absolute atomic E-state index is 12.6. The minimum Gasteiger partial charge on any atom is -0.338 e. The van der Waals surface area contributed by atoms with Gasteiger partial charge < -0.3 is 4.90 Å². The zero-order valence-corrected chi connectivity index (χ0v) is 12.9. The molecule has 1 atom stereocenters. The maximum atomic E-state index is 12.6. The highest BCUT2D eigenvalue weighted by atomic mass is 35.5. The Morgan fingerprint density at radius 3 is 2.57 bits per heavy atom. The van der Waals surface area contributed by atoms with Gasteiger partial charge in [-0.25, -0.2) is 0 Å². The van der Waals surface area contributed by atoms with Gasteiger partial charge in [0.25, 0.3) is 5.91 Å². The molecule has 0 aromatic heterocycles. The summed E-state index contributed by atoms with van der Waals surface area (Å²) in [6.45, 7) is 1.50. The predicted octanol–water partition coefficient (Wildman–Crippen LogP) is 4.62. The molecule has 0 N–H and O–H groups in total. The lowest BCUT2D eigenvalue weighted by atomic mass is 9.99. The molecular formula is C17H15Cl2NO. The standard InChI is InChI=1S/C17H15Cl2NO/c18-14-6-7-15(16(19)10-14)17(21)20-9-8-13(11-20)12-4-2-1-3-5-12/h1-7,10,13H,8-9,11H2. The lowest BCUT2D eigenvalue weighted by Gasteiger charge is -2.17. The first kappa shape index (κ1) is 14.4. The van der Waals surface area contributed by atoms with Gasteiger partial charge in [-0.3, -0.25) is 4.79 Å². The van der Waals surface area contributed by atoms with Crippen LogP contribution in [0.2, 0.25) is 10.0 Å². The van der Waals surface area contributed by atoms with E-state index in [1.54, 1.807) is 18.2 Å². The third-order valence-electron chi connectivity index (χ3n) is 3.91. The molecule has 108 valence electrons. The number of amides is 1. The van der Waals surface area contributed by atoms with Crippen LogP contribution in [0.25, 0.3) is 0 Å². The van der Waals surface area contributed by atoms with Crippen molar-refractivity contribution in [2.75, 3.05) is 13.1 Å². The van der Waals surface area contributed by atoms with Crippen LogP contribution in [0.4, 0.5) is 0 Å². The molecule has 1 fully saturated rings. The van der Waals surface area contributed by atoms with Crippen molar-refractivity contribution in [3.8, 4) is 0 Å². The zero-order chi connectivity index (χ0) is 14.8. The highest BCUT2D eigenvalue weighted by molar-refractivity contribution is 6.36. The molecular weight excluding hydrogens is 305 g/mol. The molecule has 2 aromatic carbocycles. The minimum absolute atomic E-state index is 0.0184. The average molecular weight is 320 g/mol. The summed E-state index contributed by atoms with van der Waals surface area (Å²) in [5.41, 5.74) is 1.81. The Labute approximate surface area is 134 Å². The van der Waals surface area contributed by atoms with E-state index in [-0.39, 0.29) is 5.91 Å². The van der Waals surface area contributed by atoms with E-state index in [4.69, 9.17) is 23.2 Å². The number of halogens is 2. The molecule has 0 aliphatic carbocycles. The van der Waals surface area contributed by atoms with Gasteiger partial charge in [-0.2, -0.15) is 0 Å². The fraction of sp³-hybridized carbons (Fsp3) is 0.235. The lowest BCUT2D eigenvalue weighted by Crippen LogP contribution is -2.28. The van der Waals surface area contributed by atoms with Gasteiger partial charge in [0, 0.05) is 24.0 Å². The zero-order valence-electron chi connectivity index (χ0n) is 11.4. The summed E-state index contributed by atoms with van der Waals surface area (Å²) < 4.78 is 0. The molecule has 0 bridgehead atoms. The third-order valence-corrected chi connectivity index (χ3v) is 4.46. The number of carbonyl (C=O) groups excluding carboxylic acids is 1. The van der Waals surface area contributed by atoms with E-state index in [1.807, 2.05) is 23.1 Å². The maximum Gasteiger partial charge on any atom is 0.255 e. The second kappa shape index (κ2) is 6.08. The Morgan fingerprint density at radius 2 is 1.86 bits per heavy atom. The SMILES string of the molecule is O=C(c1ccc(Cl)cc1Cl)N1CCC(c2ccccc2)C1. The molecule has 0 saturated carbocycles. The Hall–Kier alpha value is -1.51. The second-order valence-corrected chi connectivity index (χ2v) is 6.12. The van der Waals surface area contributed by atoms with Crippen molar-refractivity contribution < 1.29 is 4.79 Å². The van der Waals surface area contributed by atoms with Crippen molar-refractivity contribution in [3.63, 3.8) is 0 Å². The molecule has 4 heteroatoms. The summed E-state index contributed by atoms with van der Waals surface area (Å²) in [6, 6.07) is 15.3. The summed E-state index contributed by atoms with van der Waals surface area (Å²) in [4.78, 5) is 14.4. The predicted molar refractivity (Wildman–Crippen MR) is 86.2 cm³/mol. The first-order valence-corrected chi connectivity index (χ1v) is 7.70. The average Bonchev–Trinajstić information content (AvgIpc) is 2.97. The van der Waals surface area contributed by atoms with Crippen molar-refractivity contribution in [2.24, 2.45) is 0 Å². The van der Waals surface area contributed by atoms with E-state index in [1.165, 1.54) is 5.56 Å². The van der Waals surface area contributed by atoms with Crippen molar-refractivity contribution in [3.05, 3.63) is 69.7 Å². The Morgan fingerprint density at radius 1 is 1.10 bits per heavy atom. The number of likely N-dealkylation sites (tertiary alicyclic amines) is 1. The van der Waals surface area contributed by atoms with Crippen LogP contribution in [-0.4, -0.2) is 23.9 Å². The third kappa shape index (κ3) is 3.07. The first-order valence-electron chi connectivity index (χ1n) is 6.94. The number of carbonyl (C=O) groups is 1. The molecule has 2 aromatic rings. The highest BCUT2D eigenvalue weighted by Gasteiger charge is 2.28. The van der Waals surface area contributed by atoms with E-state index < -0.39 is 0 Å². The van der Waals surface area contributed by atoms with Crippen LogP contribution in [0.1, 0.15) is 28.3 Å². The molecule has 21 heavy (non-hydrogen) atoms. The van der Waals surface area contributed by atoms with E-state index in [9.17, 15) is 4.79 Å². The van der Waals surface area contributed by atoms with Crippen molar-refractivity contribution >= 4 is 29.1 Å². The van der Waals surface area contributed by atoms with Crippen molar-refractivity contribution in [1.29, 1.82) is 0 Å². The molecule has 0 radical (unpaired) electrons. The van der Waals surface area contributed by atoms with E-state index in [0.717, 1.165) is 19.5 Å². The molecule has 3 rings (SSSR count). The largest absolute Gasteiger partial charge is 0.338 e. The summed E-state index contributed by atoms with van der Waals surface area (Å²) >= 11 is 12.0. The quantitative estimate of drug-likeness (QED) is 0.790. The van der Waals surface area contributed by atoms with Crippen LogP contribution in [0.3, 0.4) is 0 Å². The molecule has 2 nitrogen and oxygen atoms in total. The van der Waals surface area contributed by atoms with Gasteiger partial charge >= 0.3 is 0 Å². The topological polar surface area (TPSA) is 20.3 Å². The van der Waals surface area contributed by atoms with Gasteiger partial charge in [0.05, 0.1) is 10.6 Å². The molecule has 1 saturated heterocycles. The summed E-state index contributed by atoms with van der Waals surface area (Å²) in [6.07, 6.45) is 0.987. The van der Waals surface area contributed by atoms with E-state index in [2.05, 4.69) is 12.1 Å². The number of nitrogens with zero attached hydrogens (tertiary/aromatic N) is 1. The van der Waals surface area contributed by atoms with Crippen molar-refractivity contribution in [2.45, 2.75) is 12.3 Å². The summed E-state index contributed by atoms with van der Waals surface area (Å²) in [7, 11) is 0. The smallest absolute Gasteiger partial charge is 0.255 e. The molecule has 1 aliphatic rings. The van der Waals surface area contributed by atoms with Crippen LogP contribution >= 0.6 is 23.2 Å². The molecule has 1 heterocycles. The Bertz CT molecular complexity index is 657. The molecule has 1 unspecified atom stereocenters. The van der Waals surface area contributed by atoms with Crippen LogP contribution in [0.15, 0.2) is 48.5 Å². The molecule has 0 spiro atoms. The Kier molecular flexibility index (Phi) is 4.18.